The van der Waals surface area contributed by atoms with E-state index in [1.165, 1.54) is 7.05 Å². The summed E-state index contributed by atoms with van der Waals surface area (Å²) >= 11 is 0. The minimum absolute atomic E-state index is 0.130. The largest absolute Gasteiger partial charge is 0.479 e. The molecule has 0 aromatic rings. The lowest BCUT2D eigenvalue weighted by atomic mass is 10.3. The predicted octanol–water partition coefficient (Wildman–Crippen LogP) is -2.13. The third kappa shape index (κ3) is 6.60. The summed E-state index contributed by atoms with van der Waals surface area (Å²) in [6, 6.07) is -0.635. The number of aliphatic hydroxyl groups excluding tert-OH is 1. The monoisotopic (exact) mass is 233 g/mol. The minimum Gasteiger partial charge on any atom is -0.479 e. The van der Waals surface area contributed by atoms with Gasteiger partial charge in [0.1, 0.15) is 0 Å². The third-order valence-corrected chi connectivity index (χ3v) is 1.66. The second kappa shape index (κ2) is 7.46. The molecule has 0 spiro atoms. The van der Waals surface area contributed by atoms with Crippen LogP contribution in [-0.4, -0.2) is 54.4 Å². The number of carboxylic acid groups (broad SMARTS) is 1. The van der Waals surface area contributed by atoms with Crippen molar-refractivity contribution in [1.29, 1.82) is 0 Å². The average molecular weight is 233 g/mol. The van der Waals surface area contributed by atoms with Crippen molar-refractivity contribution < 1.29 is 24.6 Å². The van der Waals surface area contributed by atoms with Crippen molar-refractivity contribution in [3.05, 3.63) is 0 Å². The summed E-state index contributed by atoms with van der Waals surface area (Å²) in [6.45, 7) is -0.254. The number of hydrogen-bond acceptors (Lipinski definition) is 4. The molecule has 0 aromatic heterocycles. The minimum atomic E-state index is -1.63. The van der Waals surface area contributed by atoms with E-state index >= 15 is 0 Å². The molecule has 8 nitrogen and oxygen atoms in total. The molecule has 92 valence electrons. The van der Waals surface area contributed by atoms with Gasteiger partial charge in [0.2, 0.25) is 5.91 Å². The first-order chi connectivity index (χ1) is 7.47. The highest BCUT2D eigenvalue weighted by Crippen LogP contribution is 1.80. The summed E-state index contributed by atoms with van der Waals surface area (Å²) in [6.07, 6.45) is -1.50. The van der Waals surface area contributed by atoms with Gasteiger partial charge in [-0.2, -0.15) is 0 Å². The maximum Gasteiger partial charge on any atom is 0.334 e. The van der Waals surface area contributed by atoms with Gasteiger partial charge < -0.3 is 26.2 Å². The second-order valence-electron chi connectivity index (χ2n) is 2.91. The van der Waals surface area contributed by atoms with Crippen molar-refractivity contribution >= 4 is 17.9 Å². The summed E-state index contributed by atoms with van der Waals surface area (Å²) in [5.74, 6) is -1.63. The first-order valence-corrected chi connectivity index (χ1v) is 4.60. The number of carbonyl (C=O) groups is 3. The fourth-order valence-corrected chi connectivity index (χ4v) is 0.754. The van der Waals surface area contributed by atoms with Gasteiger partial charge in [0.05, 0.1) is 6.54 Å². The van der Waals surface area contributed by atoms with Gasteiger partial charge in [-0.1, -0.05) is 0 Å². The topological polar surface area (TPSA) is 128 Å². The molecule has 0 unspecified atom stereocenters. The molecule has 0 aromatic carbocycles. The summed E-state index contributed by atoms with van der Waals surface area (Å²) in [7, 11) is 1.48. The van der Waals surface area contributed by atoms with Crippen LogP contribution in [0.4, 0.5) is 4.79 Å². The molecule has 0 heterocycles. The molecule has 0 radical (unpaired) electrons. The Labute approximate surface area is 92.0 Å². The number of carboxylic acids is 1. The Morgan fingerprint density at radius 3 is 2.38 bits per heavy atom. The van der Waals surface area contributed by atoms with E-state index in [0.29, 0.717) is 0 Å². The van der Waals surface area contributed by atoms with Crippen LogP contribution >= 0.6 is 0 Å². The predicted molar refractivity (Wildman–Crippen MR) is 53.7 cm³/mol. The molecule has 8 heteroatoms. The van der Waals surface area contributed by atoms with Crippen molar-refractivity contribution in [3.63, 3.8) is 0 Å². The van der Waals surface area contributed by atoms with Crippen LogP contribution in [0.1, 0.15) is 6.42 Å². The van der Waals surface area contributed by atoms with Crippen LogP contribution in [0.15, 0.2) is 0 Å². The van der Waals surface area contributed by atoms with Crippen molar-refractivity contribution in [3.8, 4) is 0 Å². The summed E-state index contributed by atoms with van der Waals surface area (Å²) in [4.78, 5) is 31.9. The van der Waals surface area contributed by atoms with Crippen LogP contribution in [0, 0.1) is 0 Å². The molecule has 0 rings (SSSR count). The Morgan fingerprint density at radius 1 is 1.25 bits per heavy atom. The Hall–Kier alpha value is -1.83. The van der Waals surface area contributed by atoms with E-state index in [1.54, 1.807) is 0 Å². The van der Waals surface area contributed by atoms with E-state index in [4.69, 9.17) is 10.2 Å². The first kappa shape index (κ1) is 14.2. The normalized spacial score (nSPS) is 11.4. The third-order valence-electron chi connectivity index (χ3n) is 1.66. The highest BCUT2D eigenvalue weighted by atomic mass is 16.4. The standard InChI is InChI=1S/C8H15N3O5/c1-9-6(13)2-3-10-8(16)11-4-5(12)7(14)15/h5,12H,2-4H2,1H3,(H,9,13)(H,14,15)(H2,10,11,16)/t5-/m0/s1. The number of amides is 3. The van der Waals surface area contributed by atoms with Gasteiger partial charge in [-0.25, -0.2) is 9.59 Å². The molecule has 1 atom stereocenters. The fraction of sp³-hybridized carbons (Fsp3) is 0.625. The maximum atomic E-state index is 11.0. The van der Waals surface area contributed by atoms with Crippen LogP contribution in [0.2, 0.25) is 0 Å². The number of aliphatic hydroxyl groups is 1. The molecule has 0 saturated carbocycles. The van der Waals surface area contributed by atoms with E-state index in [2.05, 4.69) is 16.0 Å². The Bertz CT molecular complexity index is 268. The molecule has 5 N–H and O–H groups in total. The van der Waals surface area contributed by atoms with E-state index in [9.17, 15) is 14.4 Å². The van der Waals surface area contributed by atoms with Crippen molar-refractivity contribution in [2.45, 2.75) is 12.5 Å². The van der Waals surface area contributed by atoms with Gasteiger partial charge >= 0.3 is 12.0 Å². The van der Waals surface area contributed by atoms with Crippen molar-refractivity contribution in [2.24, 2.45) is 0 Å². The zero-order valence-electron chi connectivity index (χ0n) is 8.82. The van der Waals surface area contributed by atoms with Gasteiger partial charge in [0, 0.05) is 20.0 Å². The van der Waals surface area contributed by atoms with Gasteiger partial charge in [-0.05, 0) is 0 Å². The van der Waals surface area contributed by atoms with Gasteiger partial charge in [0.25, 0.3) is 0 Å². The molecule has 0 bridgehead atoms. The lowest BCUT2D eigenvalue weighted by Crippen LogP contribution is -2.42. The van der Waals surface area contributed by atoms with E-state index in [0.717, 1.165) is 0 Å². The Kier molecular flexibility index (Phi) is 6.61. The van der Waals surface area contributed by atoms with E-state index < -0.39 is 18.1 Å². The first-order valence-electron chi connectivity index (χ1n) is 4.60. The molecular weight excluding hydrogens is 218 g/mol. The van der Waals surface area contributed by atoms with Crippen LogP contribution in [0.5, 0.6) is 0 Å². The molecule has 0 fully saturated rings. The molecule has 0 saturated heterocycles. The van der Waals surface area contributed by atoms with Crippen molar-refractivity contribution in [2.75, 3.05) is 20.1 Å². The fourth-order valence-electron chi connectivity index (χ4n) is 0.754. The van der Waals surface area contributed by atoms with Crippen LogP contribution in [0.25, 0.3) is 0 Å². The number of carbonyl (C=O) groups excluding carboxylic acids is 2. The SMILES string of the molecule is CNC(=O)CCNC(=O)NC[C@H](O)C(=O)O. The maximum absolute atomic E-state index is 11.0. The number of nitrogens with one attached hydrogen (secondary N) is 3. The zero-order valence-corrected chi connectivity index (χ0v) is 8.82. The van der Waals surface area contributed by atoms with Crippen molar-refractivity contribution in [1.82, 2.24) is 16.0 Å². The average Bonchev–Trinajstić information content (AvgIpc) is 2.25. The highest BCUT2D eigenvalue weighted by molar-refractivity contribution is 5.78. The van der Waals surface area contributed by atoms with Crippen LogP contribution in [-0.2, 0) is 9.59 Å². The summed E-state index contributed by atoms with van der Waals surface area (Å²) in [5.41, 5.74) is 0. The Morgan fingerprint density at radius 2 is 1.88 bits per heavy atom. The van der Waals surface area contributed by atoms with Gasteiger partial charge in [-0.15, -0.1) is 0 Å². The molecule has 0 aliphatic carbocycles. The lowest BCUT2D eigenvalue weighted by Gasteiger charge is -2.08. The van der Waals surface area contributed by atoms with E-state index in [-0.39, 0.29) is 25.4 Å². The second-order valence-corrected chi connectivity index (χ2v) is 2.91. The number of urea groups is 1. The zero-order chi connectivity index (χ0) is 12.6. The molecule has 16 heavy (non-hydrogen) atoms. The molecular formula is C8H15N3O5. The number of hydrogen-bond donors (Lipinski definition) is 5. The summed E-state index contributed by atoms with van der Waals surface area (Å²) < 4.78 is 0. The summed E-state index contributed by atoms with van der Waals surface area (Å²) in [5, 5.41) is 24.0. The number of rotatable bonds is 6. The van der Waals surface area contributed by atoms with Gasteiger partial charge in [0.15, 0.2) is 6.10 Å². The highest BCUT2D eigenvalue weighted by Gasteiger charge is 2.13. The smallest absolute Gasteiger partial charge is 0.334 e. The molecule has 3 amide bonds. The van der Waals surface area contributed by atoms with Gasteiger partial charge in [-0.3, -0.25) is 4.79 Å². The Balaban J connectivity index is 3.60. The van der Waals surface area contributed by atoms with Crippen LogP contribution in [0.3, 0.4) is 0 Å². The number of aliphatic carboxylic acids is 1. The molecule has 0 aliphatic heterocycles. The van der Waals surface area contributed by atoms with E-state index in [1.807, 2.05) is 0 Å². The van der Waals surface area contributed by atoms with Crippen LogP contribution < -0.4 is 16.0 Å². The quantitative estimate of drug-likeness (QED) is 0.358. The molecule has 0 aliphatic rings. The lowest BCUT2D eigenvalue weighted by molar-refractivity contribution is -0.146.